The summed E-state index contributed by atoms with van der Waals surface area (Å²) in [5.41, 5.74) is 6.64. The molecule has 0 aromatic heterocycles. The normalized spacial score (nSPS) is 14.9. The standard InChI is InChI=1S/C16H28.C13H16O3.C2H6/c1-6-9-15(4)12-8-13-16(5)11-7-10-14(2)3;1-8-6-12(16-10(3)14)7-11-5-4-9(2)15-13(8)11;1-2/h9-10,13H,6-8,11-12H2,1-5H3;6-7,9H,4-5H2,1-3H3;1-2H3/b15-9+,16-13+;;. The number of fused-ring (bicyclic) bond motifs is 1. The largest absolute Gasteiger partial charge is 0.490 e. The van der Waals surface area contributed by atoms with Crippen molar-refractivity contribution >= 4 is 5.97 Å². The average molecular weight is 471 g/mol. The van der Waals surface area contributed by atoms with Crippen LogP contribution in [0.15, 0.2) is 47.1 Å². The Kier molecular flexibility index (Phi) is 16.9. The van der Waals surface area contributed by atoms with E-state index in [0.29, 0.717) is 5.75 Å². The van der Waals surface area contributed by atoms with E-state index in [-0.39, 0.29) is 12.1 Å². The van der Waals surface area contributed by atoms with Crippen molar-refractivity contribution in [3.63, 3.8) is 0 Å². The summed E-state index contributed by atoms with van der Waals surface area (Å²) in [5, 5.41) is 0. The molecule has 1 aliphatic rings. The van der Waals surface area contributed by atoms with Crippen LogP contribution in [0.5, 0.6) is 11.5 Å². The second-order valence-electron chi connectivity index (χ2n) is 9.16. The van der Waals surface area contributed by atoms with Crippen molar-refractivity contribution in [2.24, 2.45) is 0 Å². The van der Waals surface area contributed by atoms with Gasteiger partial charge in [-0.3, -0.25) is 4.79 Å². The lowest BCUT2D eigenvalue weighted by Crippen LogP contribution is -2.19. The first-order chi connectivity index (χ1) is 16.1. The summed E-state index contributed by atoms with van der Waals surface area (Å²) in [7, 11) is 0. The lowest BCUT2D eigenvalue weighted by molar-refractivity contribution is -0.131. The van der Waals surface area contributed by atoms with Crippen LogP contribution in [0, 0.1) is 6.92 Å². The summed E-state index contributed by atoms with van der Waals surface area (Å²) >= 11 is 0. The van der Waals surface area contributed by atoms with Crippen molar-refractivity contribution in [2.45, 2.75) is 120 Å². The topological polar surface area (TPSA) is 35.5 Å². The molecular weight excluding hydrogens is 420 g/mol. The molecule has 0 saturated carbocycles. The van der Waals surface area contributed by atoms with Crippen molar-refractivity contribution in [1.29, 1.82) is 0 Å². The molecule has 0 saturated heterocycles. The van der Waals surface area contributed by atoms with Gasteiger partial charge in [-0.25, -0.2) is 0 Å². The molecule has 1 aromatic carbocycles. The van der Waals surface area contributed by atoms with E-state index in [2.05, 4.69) is 59.8 Å². The van der Waals surface area contributed by atoms with E-state index in [1.54, 1.807) is 0 Å². The number of benzene rings is 1. The summed E-state index contributed by atoms with van der Waals surface area (Å²) in [6.45, 7) is 20.5. The lowest BCUT2D eigenvalue weighted by Gasteiger charge is -2.25. The van der Waals surface area contributed by atoms with Crippen LogP contribution in [-0.4, -0.2) is 12.1 Å². The number of carbonyl (C=O) groups excluding carboxylic acids is 1. The minimum Gasteiger partial charge on any atom is -0.490 e. The molecule has 3 nitrogen and oxygen atoms in total. The molecule has 0 spiro atoms. The van der Waals surface area contributed by atoms with Gasteiger partial charge < -0.3 is 9.47 Å². The minimum atomic E-state index is -0.288. The van der Waals surface area contributed by atoms with E-state index in [4.69, 9.17) is 9.47 Å². The number of allylic oxidation sites excluding steroid dienone is 6. The van der Waals surface area contributed by atoms with Gasteiger partial charge in [0.25, 0.3) is 0 Å². The summed E-state index contributed by atoms with van der Waals surface area (Å²) < 4.78 is 10.9. The van der Waals surface area contributed by atoms with Gasteiger partial charge in [0.15, 0.2) is 0 Å². The van der Waals surface area contributed by atoms with Crippen molar-refractivity contribution in [3.05, 3.63) is 58.2 Å². The zero-order chi connectivity index (χ0) is 26.1. The van der Waals surface area contributed by atoms with Crippen LogP contribution in [0.3, 0.4) is 0 Å². The Morgan fingerprint density at radius 1 is 1.00 bits per heavy atom. The summed E-state index contributed by atoms with van der Waals surface area (Å²) in [6.07, 6.45) is 15.3. The lowest BCUT2D eigenvalue weighted by atomic mass is 10.00. The summed E-state index contributed by atoms with van der Waals surface area (Å²) in [4.78, 5) is 10.9. The number of aryl methyl sites for hydroxylation is 2. The highest BCUT2D eigenvalue weighted by Gasteiger charge is 2.19. The summed E-state index contributed by atoms with van der Waals surface area (Å²) in [5.74, 6) is 1.28. The fourth-order valence-corrected chi connectivity index (χ4v) is 3.70. The molecule has 0 amide bonds. The van der Waals surface area contributed by atoms with Crippen molar-refractivity contribution in [1.82, 2.24) is 0 Å². The van der Waals surface area contributed by atoms with Gasteiger partial charge in [0.05, 0.1) is 6.10 Å². The molecular formula is C31H50O3. The second kappa shape index (κ2) is 18.1. The van der Waals surface area contributed by atoms with Gasteiger partial charge in [-0.05, 0) is 110 Å². The zero-order valence-corrected chi connectivity index (χ0v) is 23.6. The first-order valence-electron chi connectivity index (χ1n) is 13.1. The molecule has 0 fully saturated rings. The van der Waals surface area contributed by atoms with Crippen molar-refractivity contribution in [2.75, 3.05) is 0 Å². The SMILES string of the molecule is CC.CC(=O)Oc1cc(C)c2c(c1)CCC(C)O2.CC/C=C(\C)CC/C=C(\C)CCC=C(C)C. The van der Waals surface area contributed by atoms with E-state index >= 15 is 0 Å². The second-order valence-corrected chi connectivity index (χ2v) is 9.16. The number of esters is 1. The van der Waals surface area contributed by atoms with Crippen LogP contribution in [0.2, 0.25) is 0 Å². The Hall–Kier alpha value is -2.29. The Bertz CT molecular complexity index is 823. The first kappa shape index (κ1) is 31.7. The number of carbonyl (C=O) groups is 1. The highest BCUT2D eigenvalue weighted by Crippen LogP contribution is 2.34. The number of hydrogen-bond donors (Lipinski definition) is 0. The maximum atomic E-state index is 10.9. The molecule has 1 aliphatic heterocycles. The van der Waals surface area contributed by atoms with Crippen LogP contribution in [0.25, 0.3) is 0 Å². The van der Waals surface area contributed by atoms with Gasteiger partial charge in [-0.2, -0.15) is 0 Å². The van der Waals surface area contributed by atoms with Crippen molar-refractivity contribution < 1.29 is 14.3 Å². The molecule has 34 heavy (non-hydrogen) atoms. The Balaban J connectivity index is 0.000000597. The van der Waals surface area contributed by atoms with E-state index in [9.17, 15) is 4.79 Å². The van der Waals surface area contributed by atoms with Crippen LogP contribution >= 0.6 is 0 Å². The molecule has 1 unspecified atom stereocenters. The Morgan fingerprint density at radius 2 is 1.59 bits per heavy atom. The third-order valence-electron chi connectivity index (χ3n) is 5.40. The van der Waals surface area contributed by atoms with Crippen LogP contribution in [0.4, 0.5) is 0 Å². The first-order valence-corrected chi connectivity index (χ1v) is 13.1. The molecule has 192 valence electrons. The van der Waals surface area contributed by atoms with Gasteiger partial charge in [-0.15, -0.1) is 0 Å². The Labute approximate surface area is 210 Å². The zero-order valence-electron chi connectivity index (χ0n) is 23.6. The monoisotopic (exact) mass is 470 g/mol. The van der Waals surface area contributed by atoms with Gasteiger partial charge in [0.1, 0.15) is 11.5 Å². The molecule has 0 bridgehead atoms. The van der Waals surface area contributed by atoms with Gasteiger partial charge in [0.2, 0.25) is 0 Å². The predicted molar refractivity (Wildman–Crippen MR) is 148 cm³/mol. The molecule has 3 heteroatoms. The third-order valence-corrected chi connectivity index (χ3v) is 5.40. The van der Waals surface area contributed by atoms with Gasteiger partial charge in [0, 0.05) is 6.92 Å². The van der Waals surface area contributed by atoms with E-state index < -0.39 is 0 Å². The van der Waals surface area contributed by atoms with E-state index in [0.717, 1.165) is 36.1 Å². The van der Waals surface area contributed by atoms with Gasteiger partial charge >= 0.3 is 5.97 Å². The summed E-state index contributed by atoms with van der Waals surface area (Å²) in [6, 6.07) is 3.74. The van der Waals surface area contributed by atoms with Crippen LogP contribution in [0.1, 0.15) is 112 Å². The molecule has 2 rings (SSSR count). The Morgan fingerprint density at radius 3 is 2.15 bits per heavy atom. The highest BCUT2D eigenvalue weighted by molar-refractivity contribution is 5.69. The molecule has 1 aromatic rings. The fraction of sp³-hybridized carbons (Fsp3) is 0.581. The van der Waals surface area contributed by atoms with Crippen LogP contribution in [-0.2, 0) is 11.2 Å². The average Bonchev–Trinajstić information content (AvgIpc) is 2.76. The molecule has 0 aliphatic carbocycles. The van der Waals surface area contributed by atoms with Gasteiger partial charge in [-0.1, -0.05) is 55.7 Å². The maximum absolute atomic E-state index is 10.9. The predicted octanol–water partition coefficient (Wildman–Crippen LogP) is 9.48. The highest BCUT2D eigenvalue weighted by atomic mass is 16.5. The molecule has 1 atom stereocenters. The smallest absolute Gasteiger partial charge is 0.308 e. The number of ether oxygens (including phenoxy) is 2. The maximum Gasteiger partial charge on any atom is 0.308 e. The fourth-order valence-electron chi connectivity index (χ4n) is 3.70. The number of hydrogen-bond acceptors (Lipinski definition) is 3. The number of rotatable bonds is 8. The minimum absolute atomic E-state index is 0.269. The molecule has 0 radical (unpaired) electrons. The van der Waals surface area contributed by atoms with E-state index in [1.807, 2.05) is 32.9 Å². The van der Waals surface area contributed by atoms with Crippen LogP contribution < -0.4 is 9.47 Å². The quantitative estimate of drug-likeness (QED) is 0.215. The molecule has 0 N–H and O–H groups in total. The van der Waals surface area contributed by atoms with E-state index in [1.165, 1.54) is 49.3 Å². The van der Waals surface area contributed by atoms with Crippen molar-refractivity contribution in [3.8, 4) is 11.5 Å². The third kappa shape index (κ3) is 14.1. The molecule has 1 heterocycles.